The van der Waals surface area contributed by atoms with Crippen molar-refractivity contribution in [2.24, 2.45) is 0 Å². The third kappa shape index (κ3) is 3.49. The number of rotatable bonds is 4. The third-order valence-electron chi connectivity index (χ3n) is 4.63. The van der Waals surface area contributed by atoms with Gasteiger partial charge in [-0.15, -0.1) is 0 Å². The van der Waals surface area contributed by atoms with Crippen LogP contribution in [-0.2, 0) is 30.6 Å². The summed E-state index contributed by atoms with van der Waals surface area (Å²) in [5.74, 6) is 0.437. The van der Waals surface area contributed by atoms with Crippen molar-refractivity contribution < 1.29 is 13.6 Å². The lowest BCUT2D eigenvalue weighted by Gasteiger charge is -2.29. The summed E-state index contributed by atoms with van der Waals surface area (Å²) in [7, 11) is 0. The maximum absolute atomic E-state index is 13.1. The molecule has 5 nitrogen and oxygen atoms in total. The summed E-state index contributed by atoms with van der Waals surface area (Å²) in [5.41, 5.74) is 3.85. The number of nitrogens with zero attached hydrogens (tertiary/aromatic N) is 3. The second kappa shape index (κ2) is 7.07. The van der Waals surface area contributed by atoms with Gasteiger partial charge in [0.25, 0.3) is 0 Å². The van der Waals surface area contributed by atoms with Gasteiger partial charge in [0.1, 0.15) is 17.9 Å². The van der Waals surface area contributed by atoms with Crippen molar-refractivity contribution in [2.45, 2.75) is 25.8 Å². The number of carbonyl (C=O) groups excluding carboxylic acids is 1. The summed E-state index contributed by atoms with van der Waals surface area (Å²) < 4.78 is 18.4. The van der Waals surface area contributed by atoms with Gasteiger partial charge in [0, 0.05) is 31.5 Å². The van der Waals surface area contributed by atoms with Gasteiger partial charge in [0.2, 0.25) is 5.91 Å². The number of amides is 1. The second-order valence-electron chi connectivity index (χ2n) is 6.37. The molecule has 0 saturated heterocycles. The summed E-state index contributed by atoms with van der Waals surface area (Å²) >= 11 is 0. The Kier molecular flexibility index (Phi) is 4.48. The second-order valence-corrected chi connectivity index (χ2v) is 6.37. The number of fused-ring (bicyclic) bond motifs is 1. The van der Waals surface area contributed by atoms with Crippen LogP contribution in [0.4, 0.5) is 4.39 Å². The topological polar surface area (TPSA) is 59.2 Å². The van der Waals surface area contributed by atoms with E-state index in [1.807, 2.05) is 4.90 Å². The first-order valence-electron chi connectivity index (χ1n) is 8.55. The van der Waals surface area contributed by atoms with Crippen LogP contribution in [0.1, 0.15) is 28.3 Å². The molecule has 3 heterocycles. The zero-order valence-corrected chi connectivity index (χ0v) is 14.2. The summed E-state index contributed by atoms with van der Waals surface area (Å²) in [6.45, 7) is 1.13. The molecule has 3 aromatic rings. The Hall–Kier alpha value is -3.02. The van der Waals surface area contributed by atoms with Crippen LogP contribution in [0.2, 0.25) is 0 Å². The van der Waals surface area contributed by atoms with E-state index in [1.54, 1.807) is 36.9 Å². The maximum atomic E-state index is 13.1. The molecule has 0 fully saturated rings. The van der Waals surface area contributed by atoms with Crippen LogP contribution in [0.25, 0.3) is 0 Å². The molecule has 1 aliphatic heterocycles. The zero-order chi connectivity index (χ0) is 17.9. The summed E-state index contributed by atoms with van der Waals surface area (Å²) in [6, 6.07) is 9.99. The van der Waals surface area contributed by atoms with Gasteiger partial charge in [-0.25, -0.2) is 14.4 Å². The Morgan fingerprint density at radius 1 is 1.19 bits per heavy atom. The van der Waals surface area contributed by atoms with Gasteiger partial charge in [0.15, 0.2) is 0 Å². The molecular weight excluding hydrogens is 333 g/mol. The Morgan fingerprint density at radius 2 is 2.04 bits per heavy atom. The molecule has 0 unspecified atom stereocenters. The van der Waals surface area contributed by atoms with Gasteiger partial charge in [0.05, 0.1) is 24.1 Å². The lowest BCUT2D eigenvalue weighted by Crippen LogP contribution is -2.38. The quantitative estimate of drug-likeness (QED) is 0.725. The predicted molar refractivity (Wildman–Crippen MR) is 92.8 cm³/mol. The molecule has 0 aliphatic carbocycles. The molecule has 0 spiro atoms. The molecule has 132 valence electrons. The van der Waals surface area contributed by atoms with Gasteiger partial charge >= 0.3 is 0 Å². The van der Waals surface area contributed by atoms with E-state index in [0.717, 1.165) is 22.5 Å². The van der Waals surface area contributed by atoms with Gasteiger partial charge in [-0.3, -0.25) is 4.79 Å². The fraction of sp³-hybridized carbons (Fsp3) is 0.250. The standard InChI is InChI=1S/C20H18FN3O2/c21-15-5-3-14(4-6-15)10-19-17-12-24(8-7-18(17)22-13-23-19)20(25)11-16-2-1-9-26-16/h1-6,9,13H,7-8,10-12H2. The van der Waals surface area contributed by atoms with Crippen molar-refractivity contribution in [1.82, 2.24) is 14.9 Å². The molecule has 0 radical (unpaired) electrons. The van der Waals surface area contributed by atoms with Crippen molar-refractivity contribution in [3.63, 3.8) is 0 Å². The van der Waals surface area contributed by atoms with Crippen LogP contribution in [0, 0.1) is 5.82 Å². The summed E-state index contributed by atoms with van der Waals surface area (Å²) in [5, 5.41) is 0. The number of aromatic nitrogens is 2. The van der Waals surface area contributed by atoms with E-state index in [-0.39, 0.29) is 18.1 Å². The average molecular weight is 351 g/mol. The van der Waals surface area contributed by atoms with Crippen LogP contribution in [-0.4, -0.2) is 27.3 Å². The minimum atomic E-state index is -0.256. The fourth-order valence-corrected chi connectivity index (χ4v) is 3.23. The molecule has 0 bridgehead atoms. The fourth-order valence-electron chi connectivity index (χ4n) is 3.23. The van der Waals surface area contributed by atoms with E-state index in [0.29, 0.717) is 31.7 Å². The molecule has 0 saturated carbocycles. The SMILES string of the molecule is O=C(Cc1ccco1)N1CCc2ncnc(Cc3ccc(F)cc3)c2C1. The van der Waals surface area contributed by atoms with E-state index in [2.05, 4.69) is 9.97 Å². The molecular formula is C20H18FN3O2. The van der Waals surface area contributed by atoms with E-state index >= 15 is 0 Å². The molecule has 2 aromatic heterocycles. The van der Waals surface area contributed by atoms with E-state index in [9.17, 15) is 9.18 Å². The summed E-state index contributed by atoms with van der Waals surface area (Å²) in [6.07, 6.45) is 4.69. The number of carbonyl (C=O) groups is 1. The zero-order valence-electron chi connectivity index (χ0n) is 14.2. The number of furan rings is 1. The Balaban J connectivity index is 1.53. The van der Waals surface area contributed by atoms with Crippen LogP contribution in [0.5, 0.6) is 0 Å². The van der Waals surface area contributed by atoms with E-state index < -0.39 is 0 Å². The lowest BCUT2D eigenvalue weighted by molar-refractivity contribution is -0.131. The highest BCUT2D eigenvalue weighted by Gasteiger charge is 2.24. The van der Waals surface area contributed by atoms with Crippen LogP contribution >= 0.6 is 0 Å². The first-order chi connectivity index (χ1) is 12.7. The minimum absolute atomic E-state index is 0.0298. The molecule has 1 amide bonds. The Morgan fingerprint density at radius 3 is 2.81 bits per heavy atom. The van der Waals surface area contributed by atoms with Gasteiger partial charge in [-0.2, -0.15) is 0 Å². The molecule has 6 heteroatoms. The van der Waals surface area contributed by atoms with Crippen molar-refractivity contribution in [3.8, 4) is 0 Å². The Bertz CT molecular complexity index is 907. The number of benzene rings is 1. The van der Waals surface area contributed by atoms with Crippen molar-refractivity contribution in [3.05, 3.63) is 83.1 Å². The largest absolute Gasteiger partial charge is 0.469 e. The Labute approximate surface area is 150 Å². The molecule has 0 atom stereocenters. The van der Waals surface area contributed by atoms with Gasteiger partial charge in [-0.05, 0) is 29.8 Å². The monoisotopic (exact) mass is 351 g/mol. The highest BCUT2D eigenvalue weighted by molar-refractivity contribution is 5.78. The molecule has 1 aromatic carbocycles. The van der Waals surface area contributed by atoms with Crippen molar-refractivity contribution >= 4 is 5.91 Å². The van der Waals surface area contributed by atoms with Crippen LogP contribution in [0.3, 0.4) is 0 Å². The number of hydrogen-bond acceptors (Lipinski definition) is 4. The highest BCUT2D eigenvalue weighted by Crippen LogP contribution is 2.22. The number of halogens is 1. The van der Waals surface area contributed by atoms with Crippen molar-refractivity contribution in [1.29, 1.82) is 0 Å². The smallest absolute Gasteiger partial charge is 0.230 e. The van der Waals surface area contributed by atoms with Gasteiger partial charge < -0.3 is 9.32 Å². The van der Waals surface area contributed by atoms with E-state index in [1.165, 1.54) is 12.1 Å². The molecule has 4 rings (SSSR count). The average Bonchev–Trinajstić information content (AvgIpc) is 3.16. The molecule has 1 aliphatic rings. The number of hydrogen-bond donors (Lipinski definition) is 0. The molecule has 26 heavy (non-hydrogen) atoms. The molecule has 0 N–H and O–H groups in total. The first kappa shape index (κ1) is 16.4. The first-order valence-corrected chi connectivity index (χ1v) is 8.55. The third-order valence-corrected chi connectivity index (χ3v) is 4.63. The predicted octanol–water partition coefficient (Wildman–Crippen LogP) is 2.93. The summed E-state index contributed by atoms with van der Waals surface area (Å²) in [4.78, 5) is 23.2. The van der Waals surface area contributed by atoms with Crippen LogP contribution in [0.15, 0.2) is 53.4 Å². The lowest BCUT2D eigenvalue weighted by atomic mass is 9.99. The minimum Gasteiger partial charge on any atom is -0.469 e. The van der Waals surface area contributed by atoms with E-state index in [4.69, 9.17) is 4.42 Å². The van der Waals surface area contributed by atoms with Gasteiger partial charge in [-0.1, -0.05) is 12.1 Å². The normalized spacial score (nSPS) is 13.5. The van der Waals surface area contributed by atoms with Crippen LogP contribution < -0.4 is 0 Å². The maximum Gasteiger partial charge on any atom is 0.230 e. The highest BCUT2D eigenvalue weighted by atomic mass is 19.1. The van der Waals surface area contributed by atoms with Crippen molar-refractivity contribution in [2.75, 3.05) is 6.54 Å².